The quantitative estimate of drug-likeness (QED) is 0.541. The van der Waals surface area contributed by atoms with Crippen LogP contribution in [0.5, 0.6) is 0 Å². The molecule has 0 aliphatic rings. The number of nitrogens with one attached hydrogen (secondary N) is 2. The molecule has 0 aromatic carbocycles. The Morgan fingerprint density at radius 2 is 2.36 bits per heavy atom. The van der Waals surface area contributed by atoms with E-state index in [1.165, 1.54) is 6.92 Å². The highest BCUT2D eigenvalue weighted by molar-refractivity contribution is 5.72. The molecule has 2 N–H and O–H groups in total. The summed E-state index contributed by atoms with van der Waals surface area (Å²) in [6, 6.07) is 0. The van der Waals surface area contributed by atoms with Gasteiger partial charge in [0.2, 0.25) is 5.91 Å². The summed E-state index contributed by atoms with van der Waals surface area (Å²) in [4.78, 5) is 34.4. The number of hydrogen-bond acceptors (Lipinski definition) is 4. The van der Waals surface area contributed by atoms with Crippen molar-refractivity contribution in [2.75, 3.05) is 6.54 Å². The van der Waals surface area contributed by atoms with Crippen LogP contribution in [-0.2, 0) is 11.3 Å². The third-order valence-corrected chi connectivity index (χ3v) is 1.47. The number of carbonyl (C=O) groups excluding carboxylic acids is 1. The van der Waals surface area contributed by atoms with Crippen LogP contribution in [0.1, 0.15) is 6.92 Å². The lowest BCUT2D eigenvalue weighted by molar-refractivity contribution is -0.118. The van der Waals surface area contributed by atoms with Crippen molar-refractivity contribution in [1.82, 2.24) is 20.1 Å². The van der Waals surface area contributed by atoms with Gasteiger partial charge in [0.05, 0.1) is 6.54 Å². The highest BCUT2D eigenvalue weighted by Crippen LogP contribution is 1.69. The Kier molecular flexibility index (Phi) is 3.16. The molecular formula is C7H9N4O3. The lowest BCUT2D eigenvalue weighted by Crippen LogP contribution is -2.39. The molecule has 0 saturated heterocycles. The fraction of sp³-hybridized carbons (Fsp3) is 0.429. The molecule has 7 nitrogen and oxygen atoms in total. The summed E-state index contributed by atoms with van der Waals surface area (Å²) in [6.07, 6.45) is 2.17. The van der Waals surface area contributed by atoms with Crippen molar-refractivity contribution in [3.05, 3.63) is 27.0 Å². The lowest BCUT2D eigenvalue weighted by Gasteiger charge is -2.02. The van der Waals surface area contributed by atoms with Crippen LogP contribution in [-0.4, -0.2) is 27.2 Å². The first-order valence-corrected chi connectivity index (χ1v) is 3.93. The van der Waals surface area contributed by atoms with Crippen LogP contribution in [0.2, 0.25) is 0 Å². The highest BCUT2D eigenvalue weighted by Gasteiger charge is 2.00. The Morgan fingerprint density at radius 1 is 1.64 bits per heavy atom. The third-order valence-electron chi connectivity index (χ3n) is 1.47. The van der Waals surface area contributed by atoms with E-state index in [4.69, 9.17) is 0 Å². The number of nitrogens with zero attached hydrogens (tertiary/aromatic N) is 2. The molecule has 1 rings (SSSR count). The van der Waals surface area contributed by atoms with E-state index >= 15 is 0 Å². The maximum atomic E-state index is 11.1. The first kappa shape index (κ1) is 10.2. The van der Waals surface area contributed by atoms with Gasteiger partial charge in [-0.2, -0.15) is 0 Å². The van der Waals surface area contributed by atoms with Crippen molar-refractivity contribution in [1.29, 1.82) is 0 Å². The van der Waals surface area contributed by atoms with Gasteiger partial charge in [-0.1, -0.05) is 0 Å². The lowest BCUT2D eigenvalue weighted by atomic mass is 10.5. The molecule has 0 bridgehead atoms. The minimum absolute atomic E-state index is 0.152. The molecule has 0 fully saturated rings. The number of hydrogen-bond donors (Lipinski definition) is 2. The predicted molar refractivity (Wildman–Crippen MR) is 46.6 cm³/mol. The molecule has 1 aromatic rings. The van der Waals surface area contributed by atoms with E-state index in [2.05, 4.69) is 16.7 Å². The van der Waals surface area contributed by atoms with Gasteiger partial charge in [-0.25, -0.2) is 4.68 Å². The molecule has 1 heterocycles. The van der Waals surface area contributed by atoms with Crippen molar-refractivity contribution < 1.29 is 4.79 Å². The Bertz CT molecular complexity index is 433. The van der Waals surface area contributed by atoms with E-state index in [1.807, 2.05) is 4.98 Å². The monoisotopic (exact) mass is 197 g/mol. The molecular weight excluding hydrogens is 188 g/mol. The average Bonchev–Trinajstić information content (AvgIpc) is 2.12. The van der Waals surface area contributed by atoms with E-state index < -0.39 is 11.1 Å². The van der Waals surface area contributed by atoms with Gasteiger partial charge in [-0.3, -0.25) is 19.4 Å². The molecule has 0 spiro atoms. The van der Waals surface area contributed by atoms with Crippen LogP contribution in [0.15, 0.2) is 9.59 Å². The van der Waals surface area contributed by atoms with Crippen LogP contribution in [0.25, 0.3) is 0 Å². The average molecular weight is 197 g/mol. The first-order chi connectivity index (χ1) is 6.61. The summed E-state index contributed by atoms with van der Waals surface area (Å²) >= 11 is 0. The molecule has 1 amide bonds. The molecule has 75 valence electrons. The fourth-order valence-corrected chi connectivity index (χ4v) is 0.842. The zero-order valence-corrected chi connectivity index (χ0v) is 7.53. The highest BCUT2D eigenvalue weighted by atomic mass is 16.2. The number of rotatable bonds is 3. The van der Waals surface area contributed by atoms with E-state index in [0.29, 0.717) is 0 Å². The smallest absolute Gasteiger partial charge is 0.332 e. The number of H-pyrrole nitrogens is 1. The number of amides is 1. The predicted octanol–water partition coefficient (Wildman–Crippen LogP) is -2.13. The molecule has 1 aromatic heterocycles. The number of aromatic nitrogens is 3. The Balaban J connectivity index is 2.69. The summed E-state index contributed by atoms with van der Waals surface area (Å²) in [6.45, 7) is 1.76. The molecule has 0 saturated carbocycles. The van der Waals surface area contributed by atoms with Crippen LogP contribution < -0.4 is 16.4 Å². The molecule has 1 radical (unpaired) electrons. The van der Waals surface area contributed by atoms with Gasteiger partial charge in [0, 0.05) is 13.5 Å². The summed E-state index contributed by atoms with van der Waals surface area (Å²) < 4.78 is 0.939. The van der Waals surface area contributed by atoms with Gasteiger partial charge in [0.25, 0.3) is 0 Å². The van der Waals surface area contributed by atoms with E-state index in [-0.39, 0.29) is 19.0 Å². The summed E-state index contributed by atoms with van der Waals surface area (Å²) in [5.41, 5.74) is -1.53. The van der Waals surface area contributed by atoms with Crippen molar-refractivity contribution >= 4 is 5.91 Å². The topological polar surface area (TPSA) is 96.8 Å². The SMILES string of the molecule is CC(=O)NCCn1n[c][nH]c(=O)c1=O. The summed E-state index contributed by atoms with van der Waals surface area (Å²) in [5.74, 6) is -0.202. The zero-order valence-electron chi connectivity index (χ0n) is 7.53. The van der Waals surface area contributed by atoms with Gasteiger partial charge in [0.1, 0.15) is 0 Å². The second kappa shape index (κ2) is 4.35. The van der Waals surface area contributed by atoms with Gasteiger partial charge < -0.3 is 5.32 Å². The normalized spacial score (nSPS) is 9.79. The molecule has 7 heteroatoms. The molecule has 0 atom stereocenters. The van der Waals surface area contributed by atoms with Crippen molar-refractivity contribution in [2.45, 2.75) is 13.5 Å². The van der Waals surface area contributed by atoms with Crippen molar-refractivity contribution in [2.24, 2.45) is 0 Å². The number of aromatic amines is 1. The third kappa shape index (κ3) is 2.54. The second-order valence-electron chi connectivity index (χ2n) is 2.58. The largest absolute Gasteiger partial charge is 0.354 e. The van der Waals surface area contributed by atoms with Crippen LogP contribution >= 0.6 is 0 Å². The van der Waals surface area contributed by atoms with Gasteiger partial charge in [-0.05, 0) is 0 Å². The summed E-state index contributed by atoms with van der Waals surface area (Å²) in [5, 5.41) is 5.98. The minimum Gasteiger partial charge on any atom is -0.354 e. The van der Waals surface area contributed by atoms with Gasteiger partial charge in [-0.15, -0.1) is 5.10 Å². The van der Waals surface area contributed by atoms with E-state index in [1.54, 1.807) is 0 Å². The maximum absolute atomic E-state index is 11.1. The van der Waals surface area contributed by atoms with E-state index in [9.17, 15) is 14.4 Å². The van der Waals surface area contributed by atoms with Crippen LogP contribution in [0.3, 0.4) is 0 Å². The molecule has 14 heavy (non-hydrogen) atoms. The van der Waals surface area contributed by atoms with Crippen LogP contribution in [0, 0.1) is 6.33 Å². The van der Waals surface area contributed by atoms with Crippen molar-refractivity contribution in [3.63, 3.8) is 0 Å². The Labute approximate surface area is 78.8 Å². The summed E-state index contributed by atoms with van der Waals surface area (Å²) in [7, 11) is 0. The Hall–Kier alpha value is -1.92. The number of carbonyl (C=O) groups is 1. The second-order valence-corrected chi connectivity index (χ2v) is 2.58. The first-order valence-electron chi connectivity index (χ1n) is 3.93. The molecule has 0 unspecified atom stereocenters. The fourth-order valence-electron chi connectivity index (χ4n) is 0.842. The Morgan fingerprint density at radius 3 is 3.00 bits per heavy atom. The van der Waals surface area contributed by atoms with Gasteiger partial charge >= 0.3 is 11.1 Å². The maximum Gasteiger partial charge on any atom is 0.332 e. The van der Waals surface area contributed by atoms with E-state index in [0.717, 1.165) is 4.68 Å². The van der Waals surface area contributed by atoms with Crippen molar-refractivity contribution in [3.8, 4) is 0 Å². The van der Waals surface area contributed by atoms with Gasteiger partial charge in [0.15, 0.2) is 6.33 Å². The minimum atomic E-state index is -0.775. The van der Waals surface area contributed by atoms with Crippen LogP contribution in [0.4, 0.5) is 0 Å². The molecule has 0 aliphatic carbocycles. The molecule has 0 aliphatic heterocycles. The zero-order chi connectivity index (χ0) is 10.6. The standard InChI is InChI=1S/C7H9N4O3/c1-5(12)8-2-3-11-7(14)6(13)9-4-10-11/h2-3H2,1H3,(H,8,12)(H,9,10,13).